The third kappa shape index (κ3) is 2.99. The van der Waals surface area contributed by atoms with Gasteiger partial charge < -0.3 is 15.6 Å². The van der Waals surface area contributed by atoms with Gasteiger partial charge in [0.2, 0.25) is 0 Å². The van der Waals surface area contributed by atoms with Gasteiger partial charge in [0.1, 0.15) is 5.75 Å². The summed E-state index contributed by atoms with van der Waals surface area (Å²) in [6.45, 7) is 2.79. The summed E-state index contributed by atoms with van der Waals surface area (Å²) >= 11 is 0. The number of rotatable bonds is 5. The Morgan fingerprint density at radius 1 is 1.40 bits per heavy atom. The van der Waals surface area contributed by atoms with Crippen LogP contribution in [-0.2, 0) is 0 Å². The van der Waals surface area contributed by atoms with Gasteiger partial charge in [0.15, 0.2) is 0 Å². The molecule has 0 saturated heterocycles. The van der Waals surface area contributed by atoms with Gasteiger partial charge in [-0.1, -0.05) is 25.5 Å². The van der Waals surface area contributed by atoms with Gasteiger partial charge in [-0.3, -0.25) is 0 Å². The van der Waals surface area contributed by atoms with E-state index < -0.39 is 6.10 Å². The van der Waals surface area contributed by atoms with Crippen molar-refractivity contribution < 1.29 is 9.84 Å². The molecule has 1 atom stereocenters. The largest absolute Gasteiger partial charge is 0.497 e. The van der Waals surface area contributed by atoms with E-state index in [-0.39, 0.29) is 5.41 Å². The number of aliphatic hydroxyl groups is 1. The Balaban J connectivity index is 2.18. The Labute approximate surface area is 122 Å². The lowest BCUT2D eigenvalue weighted by Crippen LogP contribution is -2.40. The van der Waals surface area contributed by atoms with Crippen LogP contribution >= 0.6 is 0 Å². The molecule has 1 unspecified atom stereocenters. The number of nitrogens with two attached hydrogens (primary N) is 1. The first-order chi connectivity index (χ1) is 9.65. The maximum atomic E-state index is 10.8. The average Bonchev–Trinajstić information content (AvgIpc) is 2.54. The van der Waals surface area contributed by atoms with E-state index in [4.69, 9.17) is 10.5 Å². The van der Waals surface area contributed by atoms with Crippen LogP contribution in [-0.4, -0.2) is 18.8 Å². The third-order valence-corrected chi connectivity index (χ3v) is 5.07. The Kier molecular flexibility index (Phi) is 5.06. The first-order valence-corrected chi connectivity index (χ1v) is 7.67. The number of hydrogen-bond donors (Lipinski definition) is 2. The molecular weight excluding hydrogens is 250 g/mol. The lowest BCUT2D eigenvalue weighted by molar-refractivity contribution is -0.0104. The van der Waals surface area contributed by atoms with Crippen molar-refractivity contribution >= 4 is 0 Å². The van der Waals surface area contributed by atoms with Crippen molar-refractivity contribution in [3.63, 3.8) is 0 Å². The lowest BCUT2D eigenvalue weighted by Gasteiger charge is -2.43. The van der Waals surface area contributed by atoms with Crippen LogP contribution in [0.5, 0.6) is 5.75 Å². The van der Waals surface area contributed by atoms with Crippen LogP contribution in [0, 0.1) is 11.3 Å². The van der Waals surface area contributed by atoms with Crippen molar-refractivity contribution in [3.05, 3.63) is 29.8 Å². The van der Waals surface area contributed by atoms with Gasteiger partial charge in [0.05, 0.1) is 13.2 Å². The minimum absolute atomic E-state index is 0.169. The monoisotopic (exact) mass is 277 g/mol. The molecule has 20 heavy (non-hydrogen) atoms. The topological polar surface area (TPSA) is 55.5 Å². The molecule has 1 saturated carbocycles. The molecule has 0 heterocycles. The van der Waals surface area contributed by atoms with E-state index in [1.165, 1.54) is 19.3 Å². The van der Waals surface area contributed by atoms with E-state index in [9.17, 15) is 5.11 Å². The van der Waals surface area contributed by atoms with Gasteiger partial charge in [-0.25, -0.2) is 0 Å². The highest BCUT2D eigenvalue weighted by Crippen LogP contribution is 2.47. The van der Waals surface area contributed by atoms with E-state index >= 15 is 0 Å². The van der Waals surface area contributed by atoms with Crippen molar-refractivity contribution in [1.29, 1.82) is 0 Å². The molecular formula is C17H27NO2. The molecule has 0 aromatic heterocycles. The molecule has 0 spiro atoms. The molecule has 2 rings (SSSR count). The summed E-state index contributed by atoms with van der Waals surface area (Å²) in [5, 5.41) is 10.8. The van der Waals surface area contributed by atoms with Crippen LogP contribution < -0.4 is 10.5 Å². The quantitative estimate of drug-likeness (QED) is 0.868. The average molecular weight is 277 g/mol. The first kappa shape index (κ1) is 15.3. The predicted molar refractivity (Wildman–Crippen MR) is 81.7 cm³/mol. The van der Waals surface area contributed by atoms with Gasteiger partial charge >= 0.3 is 0 Å². The summed E-state index contributed by atoms with van der Waals surface area (Å²) in [5.74, 6) is 1.59. The van der Waals surface area contributed by atoms with Crippen LogP contribution in [0.2, 0.25) is 0 Å². The number of hydrogen-bond acceptors (Lipinski definition) is 3. The fourth-order valence-corrected chi connectivity index (χ4v) is 3.42. The maximum Gasteiger partial charge on any atom is 0.119 e. The summed E-state index contributed by atoms with van der Waals surface area (Å²) in [4.78, 5) is 0. The number of benzene rings is 1. The molecule has 1 aliphatic rings. The highest BCUT2D eigenvalue weighted by atomic mass is 16.5. The molecule has 1 aliphatic carbocycles. The molecule has 0 amide bonds. The number of ether oxygens (including phenoxy) is 1. The molecule has 3 N–H and O–H groups in total. The van der Waals surface area contributed by atoms with Crippen molar-refractivity contribution in [2.45, 2.75) is 45.1 Å². The smallest absolute Gasteiger partial charge is 0.119 e. The van der Waals surface area contributed by atoms with Crippen molar-refractivity contribution in [3.8, 4) is 5.75 Å². The van der Waals surface area contributed by atoms with Crippen LogP contribution in [0.3, 0.4) is 0 Å². The van der Waals surface area contributed by atoms with Gasteiger partial charge in [0, 0.05) is 12.0 Å². The summed E-state index contributed by atoms with van der Waals surface area (Å²) in [6.07, 6.45) is 5.11. The summed E-state index contributed by atoms with van der Waals surface area (Å²) in [5.41, 5.74) is 6.80. The normalized spacial score (nSPS) is 28.1. The van der Waals surface area contributed by atoms with E-state index in [1.54, 1.807) is 7.11 Å². The molecule has 0 radical (unpaired) electrons. The molecule has 1 fully saturated rings. The fourth-order valence-electron chi connectivity index (χ4n) is 3.42. The van der Waals surface area contributed by atoms with Crippen LogP contribution in [0.25, 0.3) is 0 Å². The second-order valence-corrected chi connectivity index (χ2v) is 6.10. The summed E-state index contributed by atoms with van der Waals surface area (Å²) in [6, 6.07) is 7.73. The minimum atomic E-state index is -0.500. The van der Waals surface area contributed by atoms with Gasteiger partial charge in [-0.05, 0) is 49.3 Å². The Morgan fingerprint density at radius 2 is 2.10 bits per heavy atom. The van der Waals surface area contributed by atoms with Crippen LogP contribution in [0.15, 0.2) is 24.3 Å². The van der Waals surface area contributed by atoms with E-state index in [1.807, 2.05) is 24.3 Å². The Hall–Kier alpha value is -1.06. The molecule has 1 aromatic rings. The zero-order valence-electron chi connectivity index (χ0n) is 12.6. The zero-order valence-corrected chi connectivity index (χ0v) is 12.6. The summed E-state index contributed by atoms with van der Waals surface area (Å²) < 4.78 is 5.25. The standard InChI is InChI=1S/C17H27NO2/c1-3-13-7-9-17(12-18,10-8-13)16(19)14-5-4-6-15(11-14)20-2/h4-6,11,13,16,19H,3,7-10,12,18H2,1-2H3. The number of aliphatic hydroxyl groups excluding tert-OH is 1. The summed E-state index contributed by atoms with van der Waals surface area (Å²) in [7, 11) is 1.65. The lowest BCUT2D eigenvalue weighted by atomic mass is 9.65. The van der Waals surface area contributed by atoms with E-state index in [2.05, 4.69) is 6.92 Å². The molecule has 0 bridgehead atoms. The third-order valence-electron chi connectivity index (χ3n) is 5.07. The first-order valence-electron chi connectivity index (χ1n) is 7.67. The second-order valence-electron chi connectivity index (χ2n) is 6.10. The molecule has 3 heteroatoms. The van der Waals surface area contributed by atoms with E-state index in [0.29, 0.717) is 6.54 Å². The number of methoxy groups -OCH3 is 1. The van der Waals surface area contributed by atoms with Gasteiger partial charge in [0.25, 0.3) is 0 Å². The van der Waals surface area contributed by atoms with Crippen LogP contribution in [0.1, 0.15) is 50.7 Å². The SMILES string of the molecule is CCC1CCC(CN)(C(O)c2cccc(OC)c2)CC1. The van der Waals surface area contributed by atoms with Crippen molar-refractivity contribution in [1.82, 2.24) is 0 Å². The van der Waals surface area contributed by atoms with Crippen molar-refractivity contribution in [2.24, 2.45) is 17.1 Å². The fraction of sp³-hybridized carbons (Fsp3) is 0.647. The molecule has 3 nitrogen and oxygen atoms in total. The molecule has 112 valence electrons. The Morgan fingerprint density at radius 3 is 2.65 bits per heavy atom. The van der Waals surface area contributed by atoms with E-state index in [0.717, 1.165) is 30.1 Å². The van der Waals surface area contributed by atoms with Crippen molar-refractivity contribution in [2.75, 3.05) is 13.7 Å². The predicted octanol–water partition coefficient (Wildman–Crippen LogP) is 3.27. The highest BCUT2D eigenvalue weighted by Gasteiger charge is 2.40. The second kappa shape index (κ2) is 6.59. The molecule has 1 aromatic carbocycles. The molecule has 0 aliphatic heterocycles. The van der Waals surface area contributed by atoms with Gasteiger partial charge in [-0.2, -0.15) is 0 Å². The minimum Gasteiger partial charge on any atom is -0.497 e. The highest BCUT2D eigenvalue weighted by molar-refractivity contribution is 5.31. The zero-order chi connectivity index (χ0) is 14.6. The maximum absolute atomic E-state index is 10.8. The van der Waals surface area contributed by atoms with Crippen LogP contribution in [0.4, 0.5) is 0 Å². The van der Waals surface area contributed by atoms with Gasteiger partial charge in [-0.15, -0.1) is 0 Å². The Bertz CT molecular complexity index is 425.